The van der Waals surface area contributed by atoms with Crippen molar-refractivity contribution in [3.63, 3.8) is 0 Å². The standard InChI is InChI=1S/C13H26N2O2/c1-10(2)12(13(16)17-3)15-9-8-14-11-6-4-5-7-11/h10-12,14-15H,4-9H2,1-3H3/t12-/m0/s1. The minimum Gasteiger partial charge on any atom is -0.468 e. The van der Waals surface area contributed by atoms with Crippen LogP contribution in [0.25, 0.3) is 0 Å². The molecule has 0 spiro atoms. The number of esters is 1. The number of hydrogen-bond acceptors (Lipinski definition) is 4. The third kappa shape index (κ3) is 5.04. The lowest BCUT2D eigenvalue weighted by Crippen LogP contribution is -2.45. The summed E-state index contributed by atoms with van der Waals surface area (Å²) in [5, 5.41) is 6.77. The van der Waals surface area contributed by atoms with Crippen LogP contribution in [0.4, 0.5) is 0 Å². The highest BCUT2D eigenvalue weighted by Gasteiger charge is 2.22. The lowest BCUT2D eigenvalue weighted by atomic mass is 10.0. The van der Waals surface area contributed by atoms with Crippen molar-refractivity contribution >= 4 is 5.97 Å². The van der Waals surface area contributed by atoms with E-state index >= 15 is 0 Å². The van der Waals surface area contributed by atoms with Gasteiger partial charge in [0.25, 0.3) is 0 Å². The van der Waals surface area contributed by atoms with Gasteiger partial charge in [0.1, 0.15) is 6.04 Å². The van der Waals surface area contributed by atoms with Crippen molar-refractivity contribution in [3.05, 3.63) is 0 Å². The molecule has 1 atom stereocenters. The molecule has 100 valence electrons. The summed E-state index contributed by atoms with van der Waals surface area (Å²) in [7, 11) is 1.44. The highest BCUT2D eigenvalue weighted by atomic mass is 16.5. The molecule has 1 aliphatic rings. The van der Waals surface area contributed by atoms with Gasteiger partial charge in [0.15, 0.2) is 0 Å². The molecular weight excluding hydrogens is 216 g/mol. The quantitative estimate of drug-likeness (QED) is 0.522. The van der Waals surface area contributed by atoms with Gasteiger partial charge in [-0.15, -0.1) is 0 Å². The second-order valence-electron chi connectivity index (χ2n) is 5.13. The third-order valence-corrected chi connectivity index (χ3v) is 3.40. The fourth-order valence-electron chi connectivity index (χ4n) is 2.35. The molecule has 2 N–H and O–H groups in total. The molecule has 1 fully saturated rings. The molecule has 4 nitrogen and oxygen atoms in total. The predicted molar refractivity (Wildman–Crippen MR) is 68.9 cm³/mol. The van der Waals surface area contributed by atoms with Crippen LogP contribution in [0.2, 0.25) is 0 Å². The second-order valence-corrected chi connectivity index (χ2v) is 5.13. The first kappa shape index (κ1) is 14.5. The molecule has 0 radical (unpaired) electrons. The van der Waals surface area contributed by atoms with E-state index in [2.05, 4.69) is 10.6 Å². The van der Waals surface area contributed by atoms with Gasteiger partial charge >= 0.3 is 5.97 Å². The molecule has 0 aromatic rings. The molecule has 1 rings (SSSR count). The van der Waals surface area contributed by atoms with E-state index in [0.29, 0.717) is 6.04 Å². The first-order valence-electron chi connectivity index (χ1n) is 6.69. The molecule has 0 saturated heterocycles. The van der Waals surface area contributed by atoms with E-state index in [1.54, 1.807) is 0 Å². The zero-order valence-corrected chi connectivity index (χ0v) is 11.3. The molecule has 0 heterocycles. The van der Waals surface area contributed by atoms with Crippen LogP contribution in [-0.2, 0) is 9.53 Å². The smallest absolute Gasteiger partial charge is 0.323 e. The van der Waals surface area contributed by atoms with Crippen LogP contribution in [-0.4, -0.2) is 38.3 Å². The molecule has 1 aliphatic carbocycles. The Morgan fingerprint density at radius 3 is 2.47 bits per heavy atom. The maximum absolute atomic E-state index is 11.5. The Bertz CT molecular complexity index is 225. The topological polar surface area (TPSA) is 50.4 Å². The Labute approximate surface area is 104 Å². The van der Waals surface area contributed by atoms with Gasteiger partial charge in [-0.3, -0.25) is 4.79 Å². The summed E-state index contributed by atoms with van der Waals surface area (Å²) in [5.41, 5.74) is 0. The van der Waals surface area contributed by atoms with Crippen molar-refractivity contribution in [2.45, 2.75) is 51.6 Å². The van der Waals surface area contributed by atoms with Crippen molar-refractivity contribution in [1.29, 1.82) is 0 Å². The van der Waals surface area contributed by atoms with Gasteiger partial charge in [-0.2, -0.15) is 0 Å². The largest absolute Gasteiger partial charge is 0.468 e. The third-order valence-electron chi connectivity index (χ3n) is 3.40. The van der Waals surface area contributed by atoms with Gasteiger partial charge in [0.05, 0.1) is 7.11 Å². The first-order chi connectivity index (χ1) is 8.15. The molecule has 0 aliphatic heterocycles. The number of carbonyl (C=O) groups excluding carboxylic acids is 1. The van der Waals surface area contributed by atoms with E-state index < -0.39 is 0 Å². The Balaban J connectivity index is 2.15. The summed E-state index contributed by atoms with van der Waals surface area (Å²) >= 11 is 0. The van der Waals surface area contributed by atoms with Crippen LogP contribution < -0.4 is 10.6 Å². The van der Waals surface area contributed by atoms with Gasteiger partial charge in [-0.1, -0.05) is 26.7 Å². The Morgan fingerprint density at radius 1 is 1.29 bits per heavy atom. The summed E-state index contributed by atoms with van der Waals surface area (Å²) in [6, 6.07) is 0.498. The number of carbonyl (C=O) groups is 1. The monoisotopic (exact) mass is 242 g/mol. The lowest BCUT2D eigenvalue weighted by molar-refractivity contribution is -0.144. The number of hydrogen-bond donors (Lipinski definition) is 2. The van der Waals surface area contributed by atoms with Crippen LogP contribution in [0.1, 0.15) is 39.5 Å². The SMILES string of the molecule is COC(=O)[C@@H](NCCNC1CCCC1)C(C)C. The average molecular weight is 242 g/mol. The van der Waals surface area contributed by atoms with E-state index in [1.165, 1.54) is 32.8 Å². The molecule has 0 amide bonds. The van der Waals surface area contributed by atoms with Crippen LogP contribution in [0.15, 0.2) is 0 Å². The van der Waals surface area contributed by atoms with E-state index in [0.717, 1.165) is 13.1 Å². The summed E-state index contributed by atoms with van der Waals surface area (Å²) < 4.78 is 4.78. The van der Waals surface area contributed by atoms with E-state index in [4.69, 9.17) is 4.74 Å². The average Bonchev–Trinajstić information content (AvgIpc) is 2.80. The van der Waals surface area contributed by atoms with E-state index in [1.807, 2.05) is 13.8 Å². The van der Waals surface area contributed by atoms with E-state index in [-0.39, 0.29) is 17.9 Å². The van der Waals surface area contributed by atoms with Crippen molar-refractivity contribution < 1.29 is 9.53 Å². The summed E-state index contributed by atoms with van der Waals surface area (Å²) in [6.07, 6.45) is 5.29. The zero-order chi connectivity index (χ0) is 12.7. The van der Waals surface area contributed by atoms with Crippen LogP contribution in [0, 0.1) is 5.92 Å². The lowest BCUT2D eigenvalue weighted by Gasteiger charge is -2.20. The van der Waals surface area contributed by atoms with Crippen LogP contribution >= 0.6 is 0 Å². The molecule has 0 unspecified atom stereocenters. The fraction of sp³-hybridized carbons (Fsp3) is 0.923. The van der Waals surface area contributed by atoms with Gasteiger partial charge in [-0.25, -0.2) is 0 Å². The van der Waals surface area contributed by atoms with Crippen LogP contribution in [0.3, 0.4) is 0 Å². The predicted octanol–water partition coefficient (Wildman–Crippen LogP) is 1.31. The van der Waals surface area contributed by atoms with Gasteiger partial charge < -0.3 is 15.4 Å². The molecule has 4 heteroatoms. The fourth-order valence-corrected chi connectivity index (χ4v) is 2.35. The van der Waals surface area contributed by atoms with Crippen molar-refractivity contribution in [2.24, 2.45) is 5.92 Å². The Kier molecular flexibility index (Phi) is 6.52. The van der Waals surface area contributed by atoms with Crippen molar-refractivity contribution in [3.8, 4) is 0 Å². The Morgan fingerprint density at radius 2 is 1.94 bits per heavy atom. The molecule has 0 aromatic heterocycles. The normalized spacial score (nSPS) is 18.6. The Hall–Kier alpha value is -0.610. The molecular formula is C13H26N2O2. The maximum Gasteiger partial charge on any atom is 0.323 e. The van der Waals surface area contributed by atoms with Gasteiger partial charge in [0.2, 0.25) is 0 Å². The minimum absolute atomic E-state index is 0.166. The number of nitrogens with one attached hydrogen (secondary N) is 2. The molecule has 0 bridgehead atoms. The highest BCUT2D eigenvalue weighted by molar-refractivity contribution is 5.75. The summed E-state index contributed by atoms with van der Waals surface area (Å²) in [6.45, 7) is 5.79. The van der Waals surface area contributed by atoms with E-state index in [9.17, 15) is 4.79 Å². The summed E-state index contributed by atoms with van der Waals surface area (Å²) in [5.74, 6) is 0.0924. The van der Waals surface area contributed by atoms with Gasteiger partial charge in [-0.05, 0) is 18.8 Å². The first-order valence-corrected chi connectivity index (χ1v) is 6.69. The maximum atomic E-state index is 11.5. The van der Waals surface area contributed by atoms with Crippen molar-refractivity contribution in [2.75, 3.05) is 20.2 Å². The molecule has 0 aromatic carbocycles. The molecule has 17 heavy (non-hydrogen) atoms. The van der Waals surface area contributed by atoms with Gasteiger partial charge in [0, 0.05) is 19.1 Å². The minimum atomic E-state index is -0.189. The number of ether oxygens (including phenoxy) is 1. The number of methoxy groups -OCH3 is 1. The zero-order valence-electron chi connectivity index (χ0n) is 11.3. The van der Waals surface area contributed by atoms with Crippen LogP contribution in [0.5, 0.6) is 0 Å². The highest BCUT2D eigenvalue weighted by Crippen LogP contribution is 2.17. The summed E-state index contributed by atoms with van der Waals surface area (Å²) in [4.78, 5) is 11.5. The van der Waals surface area contributed by atoms with Crippen molar-refractivity contribution in [1.82, 2.24) is 10.6 Å². The number of rotatable bonds is 7. The second kappa shape index (κ2) is 7.67. The molecule has 1 saturated carbocycles.